The molecule has 0 spiro atoms. The highest BCUT2D eigenvalue weighted by atomic mass is 35.5. The van der Waals surface area contributed by atoms with Gasteiger partial charge in [-0.1, -0.05) is 23.7 Å². The van der Waals surface area contributed by atoms with Crippen LogP contribution in [0.1, 0.15) is 19.8 Å². The Morgan fingerprint density at radius 2 is 1.97 bits per heavy atom. The van der Waals surface area contributed by atoms with E-state index in [4.69, 9.17) is 21.1 Å². The molecule has 2 aromatic rings. The standard InChI is InChI=1S/C21H25ClN2O5S/c1-2-28-20-8-4-3-7-19(20)24(15-21(25)23-14-17-6-5-13-29-17)30(26,27)18-11-9-16(22)10-12-18/h3-4,7-12,17H,2,5-6,13-15H2,1H3,(H,23,25)/t17-/m1/s1. The van der Waals surface area contributed by atoms with E-state index in [2.05, 4.69) is 5.32 Å². The maximum absolute atomic E-state index is 13.4. The molecule has 162 valence electrons. The van der Waals surface area contributed by atoms with Crippen LogP contribution in [-0.4, -0.2) is 46.7 Å². The number of nitrogens with one attached hydrogen (secondary N) is 1. The van der Waals surface area contributed by atoms with Gasteiger partial charge < -0.3 is 14.8 Å². The summed E-state index contributed by atoms with van der Waals surface area (Å²) in [7, 11) is -4.04. The van der Waals surface area contributed by atoms with Crippen LogP contribution in [0.4, 0.5) is 5.69 Å². The lowest BCUT2D eigenvalue weighted by Gasteiger charge is -2.26. The normalized spacial score (nSPS) is 16.3. The molecule has 0 radical (unpaired) electrons. The molecule has 1 aliphatic heterocycles. The van der Waals surface area contributed by atoms with Crippen molar-refractivity contribution >= 4 is 33.2 Å². The maximum atomic E-state index is 13.4. The number of nitrogens with zero attached hydrogens (tertiary/aromatic N) is 1. The highest BCUT2D eigenvalue weighted by Crippen LogP contribution is 2.32. The quantitative estimate of drug-likeness (QED) is 0.631. The number of rotatable bonds is 9. The predicted octanol–water partition coefficient (Wildman–Crippen LogP) is 3.23. The van der Waals surface area contributed by atoms with Crippen LogP contribution >= 0.6 is 11.6 Å². The van der Waals surface area contributed by atoms with E-state index in [0.29, 0.717) is 36.2 Å². The number of benzene rings is 2. The number of carbonyl (C=O) groups excluding carboxylic acids is 1. The average Bonchev–Trinajstić information content (AvgIpc) is 3.25. The third-order valence-electron chi connectivity index (χ3n) is 4.67. The van der Waals surface area contributed by atoms with Gasteiger partial charge in [0.1, 0.15) is 12.3 Å². The Morgan fingerprint density at radius 3 is 2.63 bits per heavy atom. The third kappa shape index (κ3) is 5.44. The minimum Gasteiger partial charge on any atom is -0.492 e. The molecule has 1 atom stereocenters. The Morgan fingerprint density at radius 1 is 1.23 bits per heavy atom. The number of carbonyl (C=O) groups is 1. The van der Waals surface area contributed by atoms with Crippen molar-refractivity contribution in [2.24, 2.45) is 0 Å². The molecule has 1 aliphatic rings. The van der Waals surface area contributed by atoms with Crippen molar-refractivity contribution < 1.29 is 22.7 Å². The first kappa shape index (κ1) is 22.4. The summed E-state index contributed by atoms with van der Waals surface area (Å²) in [6.07, 6.45) is 1.80. The summed E-state index contributed by atoms with van der Waals surface area (Å²) in [6, 6.07) is 12.6. The summed E-state index contributed by atoms with van der Waals surface area (Å²) in [5.41, 5.74) is 0.293. The molecule has 1 amide bonds. The van der Waals surface area contributed by atoms with Gasteiger partial charge in [-0.3, -0.25) is 9.10 Å². The predicted molar refractivity (Wildman–Crippen MR) is 116 cm³/mol. The monoisotopic (exact) mass is 452 g/mol. The molecular formula is C21H25ClN2O5S. The Balaban J connectivity index is 1.90. The summed E-state index contributed by atoms with van der Waals surface area (Å²) in [5, 5.41) is 3.20. The molecule has 3 rings (SSSR count). The molecule has 2 aromatic carbocycles. The van der Waals surface area contributed by atoms with Crippen molar-refractivity contribution in [1.29, 1.82) is 0 Å². The maximum Gasteiger partial charge on any atom is 0.264 e. The molecule has 30 heavy (non-hydrogen) atoms. The minimum absolute atomic E-state index is 0.0325. The topological polar surface area (TPSA) is 84.9 Å². The summed E-state index contributed by atoms with van der Waals surface area (Å²) < 4.78 is 39.0. The second-order valence-corrected chi connectivity index (χ2v) is 9.10. The first-order chi connectivity index (χ1) is 14.4. The Kier molecular flexibility index (Phi) is 7.58. The minimum atomic E-state index is -4.04. The third-order valence-corrected chi connectivity index (χ3v) is 6.70. The van der Waals surface area contributed by atoms with Crippen molar-refractivity contribution in [2.45, 2.75) is 30.8 Å². The molecule has 1 heterocycles. The van der Waals surface area contributed by atoms with E-state index >= 15 is 0 Å². The van der Waals surface area contributed by atoms with Gasteiger partial charge in [-0.25, -0.2) is 8.42 Å². The van der Waals surface area contributed by atoms with Crippen LogP contribution in [0.5, 0.6) is 5.75 Å². The van der Waals surface area contributed by atoms with Crippen LogP contribution < -0.4 is 14.4 Å². The van der Waals surface area contributed by atoms with E-state index in [1.807, 2.05) is 6.92 Å². The van der Waals surface area contributed by atoms with Gasteiger partial charge in [-0.15, -0.1) is 0 Å². The molecule has 9 heteroatoms. The van der Waals surface area contributed by atoms with Crippen molar-refractivity contribution in [3.05, 3.63) is 53.6 Å². The van der Waals surface area contributed by atoms with Gasteiger partial charge in [0.05, 0.1) is 23.3 Å². The summed E-state index contributed by atoms with van der Waals surface area (Å²) >= 11 is 5.91. The van der Waals surface area contributed by atoms with E-state index in [9.17, 15) is 13.2 Å². The highest BCUT2D eigenvalue weighted by Gasteiger charge is 2.29. The lowest BCUT2D eigenvalue weighted by molar-refractivity contribution is -0.120. The van der Waals surface area contributed by atoms with Crippen molar-refractivity contribution in [2.75, 3.05) is 30.6 Å². The van der Waals surface area contributed by atoms with E-state index in [1.165, 1.54) is 24.3 Å². The number of ether oxygens (including phenoxy) is 2. The van der Waals surface area contributed by atoms with E-state index in [-0.39, 0.29) is 17.5 Å². The van der Waals surface area contributed by atoms with Crippen LogP contribution in [0, 0.1) is 0 Å². The molecule has 7 nitrogen and oxygen atoms in total. The number of hydrogen-bond donors (Lipinski definition) is 1. The number of halogens is 1. The smallest absolute Gasteiger partial charge is 0.264 e. The van der Waals surface area contributed by atoms with Gasteiger partial charge in [0, 0.05) is 18.2 Å². The summed E-state index contributed by atoms with van der Waals surface area (Å²) in [6.45, 7) is 2.81. The highest BCUT2D eigenvalue weighted by molar-refractivity contribution is 7.92. The van der Waals surface area contributed by atoms with Gasteiger partial charge in [-0.2, -0.15) is 0 Å². The lowest BCUT2D eigenvalue weighted by atomic mass is 10.2. The van der Waals surface area contributed by atoms with Gasteiger partial charge in [0.15, 0.2) is 0 Å². The zero-order valence-corrected chi connectivity index (χ0v) is 18.3. The van der Waals surface area contributed by atoms with Crippen LogP contribution in [0.15, 0.2) is 53.4 Å². The zero-order chi connectivity index (χ0) is 21.6. The number of para-hydroxylation sites is 2. The van der Waals surface area contributed by atoms with Crippen molar-refractivity contribution in [3.8, 4) is 5.75 Å². The van der Waals surface area contributed by atoms with Gasteiger partial charge >= 0.3 is 0 Å². The molecule has 1 saturated heterocycles. The Hall–Kier alpha value is -2.29. The molecular weight excluding hydrogens is 428 g/mol. The summed E-state index contributed by atoms with van der Waals surface area (Å²) in [5.74, 6) is -0.0428. The number of sulfonamides is 1. The number of amides is 1. The fourth-order valence-electron chi connectivity index (χ4n) is 3.19. The molecule has 1 N–H and O–H groups in total. The Labute approximate surface area is 182 Å². The fraction of sp³-hybridized carbons (Fsp3) is 0.381. The zero-order valence-electron chi connectivity index (χ0n) is 16.7. The van der Waals surface area contributed by atoms with Gasteiger partial charge in [-0.05, 0) is 56.2 Å². The van der Waals surface area contributed by atoms with E-state index in [1.54, 1.807) is 24.3 Å². The van der Waals surface area contributed by atoms with Crippen molar-refractivity contribution in [3.63, 3.8) is 0 Å². The molecule has 0 aromatic heterocycles. The molecule has 0 unspecified atom stereocenters. The SMILES string of the molecule is CCOc1ccccc1N(CC(=O)NC[C@H]1CCCO1)S(=O)(=O)c1ccc(Cl)cc1. The van der Waals surface area contributed by atoms with Crippen LogP contribution in [-0.2, 0) is 19.6 Å². The van der Waals surface area contributed by atoms with Gasteiger partial charge in [0.2, 0.25) is 5.91 Å². The largest absolute Gasteiger partial charge is 0.492 e. The second kappa shape index (κ2) is 10.1. The molecule has 0 bridgehead atoms. The van der Waals surface area contributed by atoms with Crippen LogP contribution in [0.25, 0.3) is 0 Å². The average molecular weight is 453 g/mol. The lowest BCUT2D eigenvalue weighted by Crippen LogP contribution is -2.43. The van der Waals surface area contributed by atoms with Crippen molar-refractivity contribution in [1.82, 2.24) is 5.32 Å². The van der Waals surface area contributed by atoms with Gasteiger partial charge in [0.25, 0.3) is 10.0 Å². The van der Waals surface area contributed by atoms with E-state index in [0.717, 1.165) is 17.1 Å². The summed E-state index contributed by atoms with van der Waals surface area (Å²) in [4.78, 5) is 12.7. The van der Waals surface area contributed by atoms with Crippen LogP contribution in [0.3, 0.4) is 0 Å². The first-order valence-corrected chi connectivity index (χ1v) is 11.6. The number of hydrogen-bond acceptors (Lipinski definition) is 5. The number of anilines is 1. The molecule has 1 fully saturated rings. The first-order valence-electron chi connectivity index (χ1n) is 9.80. The molecule has 0 saturated carbocycles. The van der Waals surface area contributed by atoms with Crippen LogP contribution in [0.2, 0.25) is 5.02 Å². The van der Waals surface area contributed by atoms with E-state index < -0.39 is 15.9 Å². The second-order valence-electron chi connectivity index (χ2n) is 6.81. The fourth-order valence-corrected chi connectivity index (χ4v) is 4.75. The Bertz CT molecular complexity index is 960. The molecule has 0 aliphatic carbocycles.